The minimum absolute atomic E-state index is 0.946. The first-order valence-electron chi connectivity index (χ1n) is 2.47. The Balaban J connectivity index is 3.15. The zero-order chi connectivity index (χ0) is 5.91. The predicted molar refractivity (Wildman–Crippen MR) is 25.1 cm³/mol. The summed E-state index contributed by atoms with van der Waals surface area (Å²) in [5.74, 6) is 0. The molecule has 0 bridgehead atoms. The van der Waals surface area contributed by atoms with Crippen LogP contribution < -0.4 is 0 Å². The van der Waals surface area contributed by atoms with Crippen LogP contribution >= 0.6 is 0 Å². The maximum atomic E-state index is 8.62. The van der Waals surface area contributed by atoms with Crippen LogP contribution in [-0.4, -0.2) is 28.1 Å². The molecular weight excluding hydrogens is 304 g/mol. The van der Waals surface area contributed by atoms with Crippen molar-refractivity contribution in [2.75, 3.05) is 22.7 Å². The van der Waals surface area contributed by atoms with E-state index >= 15 is 0 Å². The molecule has 0 aliphatic carbocycles. The molecule has 0 aromatic carbocycles. The van der Waals surface area contributed by atoms with Gasteiger partial charge in [-0.25, -0.2) is 0 Å². The first-order chi connectivity index (χ1) is 3.06. The van der Waals surface area contributed by atoms with Crippen LogP contribution in [0.3, 0.4) is 0 Å². The van der Waals surface area contributed by atoms with Crippen molar-refractivity contribution in [1.82, 2.24) is 0 Å². The Hall–Kier alpha value is 1.39. The third-order valence-corrected chi connectivity index (χ3v) is 7.11. The molecule has 1 N–H and O–H groups in total. The van der Waals surface area contributed by atoms with Crippen LogP contribution in [-0.2, 0) is 0 Å². The fraction of sp³-hybridized carbons (Fsp3) is 1.00. The van der Waals surface area contributed by atoms with Crippen LogP contribution in [0.25, 0.3) is 0 Å². The number of rotatable bonds is 2. The molecule has 0 aliphatic rings. The molecule has 0 fully saturated rings. The van der Waals surface area contributed by atoms with Gasteiger partial charge in [0.1, 0.15) is 0 Å². The Kier molecular flexibility index (Phi) is 4.10. The van der Waals surface area contributed by atoms with Gasteiger partial charge in [0.25, 0.3) is 0 Å². The summed E-state index contributed by atoms with van der Waals surface area (Å²) in [7, 11) is 6.33. The zero-order valence-electron chi connectivity index (χ0n) is 5.31. The molecule has 3 heteroatoms. The molecule has 0 saturated carbocycles. The molecule has 0 radical (unpaired) electrons. The van der Waals surface area contributed by atoms with Gasteiger partial charge in [-0.15, -0.1) is 0 Å². The predicted octanol–water partition coefficient (Wildman–Crippen LogP) is -0.358. The fourth-order valence-electron chi connectivity index (χ4n) is 0.300. The number of hydrogen-bond acceptors (Lipinski definition) is 1. The van der Waals surface area contributed by atoms with Gasteiger partial charge < -0.3 is 0 Å². The molecule has 40 valence electrons. The van der Waals surface area contributed by atoms with Crippen LogP contribution in [0.2, 0.25) is 0 Å². The Labute approximate surface area is 68.4 Å². The van der Waals surface area contributed by atoms with E-state index in [1.54, 1.807) is 0 Å². The summed E-state index contributed by atoms with van der Waals surface area (Å²) in [5.41, 5.74) is 0. The van der Waals surface area contributed by atoms with Crippen LogP contribution in [0.4, 0.5) is 0 Å². The molecule has 0 atom stereocenters. The van der Waals surface area contributed by atoms with Gasteiger partial charge in [0.05, 0.1) is 0 Å². The van der Waals surface area contributed by atoms with E-state index in [9.17, 15) is 0 Å². The van der Waals surface area contributed by atoms with E-state index in [1.165, 1.54) is 0 Å². The van der Waals surface area contributed by atoms with Crippen molar-refractivity contribution >= 4 is 0 Å². The van der Waals surface area contributed by atoms with Gasteiger partial charge in [-0.1, -0.05) is 0 Å². The maximum absolute atomic E-state index is 8.62. The Bertz CT molecular complexity index is 50.1. The van der Waals surface area contributed by atoms with Crippen molar-refractivity contribution in [1.29, 1.82) is 0 Å². The normalized spacial score (nSPS) is 10.9. The molecule has 0 aliphatic heterocycles. The topological polar surface area (TPSA) is 20.2 Å². The second kappa shape index (κ2) is 3.42. The molecule has 7 heavy (non-hydrogen) atoms. The van der Waals surface area contributed by atoms with E-state index in [0.717, 1.165) is 6.07 Å². The van der Waals surface area contributed by atoms with Crippen LogP contribution in [0.15, 0.2) is 0 Å². The van der Waals surface area contributed by atoms with Crippen molar-refractivity contribution in [3.63, 3.8) is 0 Å². The molecule has 0 saturated heterocycles. The number of quaternary nitrogens is 1. The van der Waals surface area contributed by atoms with E-state index in [-0.39, 0.29) is 0 Å². The van der Waals surface area contributed by atoms with E-state index in [2.05, 4.69) is 21.1 Å². The minimum atomic E-state index is -1.37. The summed E-state index contributed by atoms with van der Waals surface area (Å²) in [5, 5.41) is 0. The molecule has 0 unspecified atom stereocenters. The summed E-state index contributed by atoms with van der Waals surface area (Å²) < 4.78 is 10.6. The van der Waals surface area contributed by atoms with E-state index in [0.29, 0.717) is 0 Å². The van der Waals surface area contributed by atoms with Gasteiger partial charge in [0.15, 0.2) is 0 Å². The average molecular weight is 316 g/mol. The summed E-state index contributed by atoms with van der Waals surface area (Å²) in [6.45, 7) is 0. The van der Waals surface area contributed by atoms with Crippen molar-refractivity contribution in [3.05, 3.63) is 0 Å². The summed E-state index contributed by atoms with van der Waals surface area (Å²) >= 11 is -1.37. The van der Waals surface area contributed by atoms with Crippen molar-refractivity contribution < 1.29 is 46.6 Å². The standard InChI is InChI=1S/C4H11N.H2O.Ra/c1-5(2,3)4;;/h1H2,2-4H3;1H2;/q+1;;+1/p-1. The van der Waals surface area contributed by atoms with Gasteiger partial charge in [0, 0.05) is 0 Å². The molecule has 2 nitrogen and oxygen atoms in total. The van der Waals surface area contributed by atoms with Crippen LogP contribution in [0.1, 0.15) is 0 Å². The second-order valence-corrected chi connectivity index (χ2v) is 6.41. The van der Waals surface area contributed by atoms with E-state index in [4.69, 9.17) is 0.915 Å². The average Bonchev–Trinajstić information content (AvgIpc) is 1.30. The number of nitrogens with zero attached hydrogens (tertiary/aromatic N) is 1. The first kappa shape index (κ1) is 8.39. The van der Waals surface area contributed by atoms with Crippen molar-refractivity contribution in [3.8, 4) is 0 Å². The SMILES string of the molecule is C[N+](C)(C)[CH2][Ra][OH]. The Morgan fingerprint density at radius 3 is 1.86 bits per heavy atom. The van der Waals surface area contributed by atoms with Gasteiger partial charge >= 0.3 is 69.3 Å². The molecule has 0 amide bonds. The number of hydrogen-bond donors (Lipinski definition) is 1. The van der Waals surface area contributed by atoms with E-state index in [1.807, 2.05) is 0 Å². The summed E-state index contributed by atoms with van der Waals surface area (Å²) in [6.07, 6.45) is 0. The van der Waals surface area contributed by atoms with Gasteiger partial charge in [-0.2, -0.15) is 0 Å². The summed E-state index contributed by atoms with van der Waals surface area (Å²) in [4.78, 5) is 0. The van der Waals surface area contributed by atoms with Crippen LogP contribution in [0, 0.1) is 41.2 Å². The zero-order valence-corrected chi connectivity index (χ0v) is 11.1. The molecule has 0 heterocycles. The molecule has 0 aromatic heterocycles. The quantitative estimate of drug-likeness (QED) is 0.690. The van der Waals surface area contributed by atoms with Crippen molar-refractivity contribution in [2.24, 2.45) is 0 Å². The van der Waals surface area contributed by atoms with Crippen LogP contribution in [0.5, 0.6) is 0 Å². The third-order valence-electron chi connectivity index (χ3n) is 0.771. The van der Waals surface area contributed by atoms with Crippen molar-refractivity contribution in [2.45, 2.75) is 0 Å². The second-order valence-electron chi connectivity index (χ2n) is 2.74. The molecule has 0 rings (SSSR count). The first-order valence-corrected chi connectivity index (χ1v) is 9.18. The van der Waals surface area contributed by atoms with Gasteiger partial charge in [-0.3, -0.25) is 0 Å². The van der Waals surface area contributed by atoms with E-state index < -0.39 is 41.2 Å². The van der Waals surface area contributed by atoms with Gasteiger partial charge in [-0.05, 0) is 0 Å². The third kappa shape index (κ3) is 7.39. The molecular formula is C4H12NORa+. The van der Waals surface area contributed by atoms with Gasteiger partial charge in [0.2, 0.25) is 0 Å². The molecule has 0 aromatic rings. The fourth-order valence-corrected chi connectivity index (χ4v) is 2.77. The Morgan fingerprint density at radius 2 is 1.86 bits per heavy atom. The monoisotopic (exact) mass is 316 g/mol. The molecule has 0 spiro atoms. The summed E-state index contributed by atoms with van der Waals surface area (Å²) in [6, 6.07) is 0. The Morgan fingerprint density at radius 1 is 1.43 bits per heavy atom.